The van der Waals surface area contributed by atoms with E-state index in [9.17, 15) is 9.46 Å². The van der Waals surface area contributed by atoms with Crippen molar-refractivity contribution in [3.8, 4) is 0 Å². The van der Waals surface area contributed by atoms with Gasteiger partial charge in [-0.15, -0.1) is 0 Å². The van der Waals surface area contributed by atoms with Gasteiger partial charge in [-0.05, 0) is 32.2 Å². The van der Waals surface area contributed by atoms with Crippen LogP contribution in [0.3, 0.4) is 0 Å². The minimum Gasteiger partial charge on any atom is -0.378 e. The standard InChI is InChI=1S/C9H20NO3P/c10-5-3-7-14(11,12)8-9-4-1-2-6-13-9/h9H,1-8,10H2,(H,11,12)/t9-/m0/s1. The molecule has 0 aromatic rings. The van der Waals surface area contributed by atoms with Crippen molar-refractivity contribution >= 4 is 7.37 Å². The van der Waals surface area contributed by atoms with E-state index in [1.54, 1.807) is 0 Å². The number of nitrogens with two attached hydrogens (primary N) is 1. The fraction of sp³-hybridized carbons (Fsp3) is 1.00. The summed E-state index contributed by atoms with van der Waals surface area (Å²) in [7, 11) is -2.98. The summed E-state index contributed by atoms with van der Waals surface area (Å²) >= 11 is 0. The molecule has 0 bridgehead atoms. The lowest BCUT2D eigenvalue weighted by atomic mass is 10.1. The maximum absolute atomic E-state index is 11.7. The number of rotatable bonds is 5. The Balaban J connectivity index is 2.29. The van der Waals surface area contributed by atoms with E-state index in [-0.39, 0.29) is 6.10 Å². The highest BCUT2D eigenvalue weighted by atomic mass is 31.2. The summed E-state index contributed by atoms with van der Waals surface area (Å²) in [6.07, 6.45) is 4.39. The SMILES string of the molecule is NCCCP(=O)(O)C[C@@H]1CCCCO1. The maximum Gasteiger partial charge on any atom is 0.203 e. The predicted molar refractivity (Wildman–Crippen MR) is 56.8 cm³/mol. The minimum atomic E-state index is -2.98. The Morgan fingerprint density at radius 2 is 2.29 bits per heavy atom. The van der Waals surface area contributed by atoms with E-state index in [4.69, 9.17) is 10.5 Å². The molecule has 0 spiro atoms. The fourth-order valence-electron chi connectivity index (χ4n) is 1.70. The molecule has 1 unspecified atom stereocenters. The number of ether oxygens (including phenoxy) is 1. The van der Waals surface area contributed by atoms with Crippen LogP contribution in [0.4, 0.5) is 0 Å². The van der Waals surface area contributed by atoms with Gasteiger partial charge in [-0.25, -0.2) is 0 Å². The third-order valence-electron chi connectivity index (χ3n) is 2.47. The summed E-state index contributed by atoms with van der Waals surface area (Å²) in [5.74, 6) is 0. The molecule has 84 valence electrons. The van der Waals surface area contributed by atoms with Crippen molar-refractivity contribution in [2.24, 2.45) is 5.73 Å². The van der Waals surface area contributed by atoms with Gasteiger partial charge in [0.25, 0.3) is 0 Å². The van der Waals surface area contributed by atoms with Crippen molar-refractivity contribution < 1.29 is 14.2 Å². The summed E-state index contributed by atoms with van der Waals surface area (Å²) in [5, 5.41) is 0. The molecule has 1 fully saturated rings. The van der Waals surface area contributed by atoms with Crippen LogP contribution in [0, 0.1) is 0 Å². The third-order valence-corrected chi connectivity index (χ3v) is 4.47. The average Bonchev–Trinajstić information content (AvgIpc) is 2.16. The molecule has 0 radical (unpaired) electrons. The molecule has 4 nitrogen and oxygen atoms in total. The van der Waals surface area contributed by atoms with Crippen molar-refractivity contribution in [3.05, 3.63) is 0 Å². The van der Waals surface area contributed by atoms with Gasteiger partial charge in [0.05, 0.1) is 12.3 Å². The Morgan fingerprint density at radius 1 is 1.50 bits per heavy atom. The molecule has 1 saturated heterocycles. The van der Waals surface area contributed by atoms with Crippen LogP contribution in [0.25, 0.3) is 0 Å². The molecule has 0 saturated carbocycles. The molecular weight excluding hydrogens is 201 g/mol. The molecule has 0 aliphatic carbocycles. The van der Waals surface area contributed by atoms with Crippen LogP contribution in [0.2, 0.25) is 0 Å². The monoisotopic (exact) mass is 221 g/mol. The summed E-state index contributed by atoms with van der Waals surface area (Å²) in [5.41, 5.74) is 5.31. The van der Waals surface area contributed by atoms with Crippen molar-refractivity contribution in [3.63, 3.8) is 0 Å². The number of hydrogen-bond acceptors (Lipinski definition) is 3. The van der Waals surface area contributed by atoms with E-state index in [1.807, 2.05) is 0 Å². The first-order valence-corrected chi connectivity index (χ1v) is 7.29. The highest BCUT2D eigenvalue weighted by Gasteiger charge is 2.25. The van der Waals surface area contributed by atoms with Crippen LogP contribution in [0.1, 0.15) is 25.7 Å². The van der Waals surface area contributed by atoms with Gasteiger partial charge in [0.1, 0.15) is 0 Å². The lowest BCUT2D eigenvalue weighted by molar-refractivity contribution is 0.0292. The van der Waals surface area contributed by atoms with Gasteiger partial charge in [0.15, 0.2) is 0 Å². The molecule has 5 heteroatoms. The zero-order valence-electron chi connectivity index (χ0n) is 8.52. The highest BCUT2D eigenvalue weighted by Crippen LogP contribution is 2.43. The van der Waals surface area contributed by atoms with Gasteiger partial charge in [0, 0.05) is 12.8 Å². The van der Waals surface area contributed by atoms with Gasteiger partial charge in [0.2, 0.25) is 7.37 Å². The first kappa shape index (κ1) is 12.2. The summed E-state index contributed by atoms with van der Waals surface area (Å²) in [6.45, 7) is 1.22. The summed E-state index contributed by atoms with van der Waals surface area (Å²) in [4.78, 5) is 9.62. The van der Waals surface area contributed by atoms with Gasteiger partial charge >= 0.3 is 0 Å². The van der Waals surface area contributed by atoms with Crippen molar-refractivity contribution in [2.75, 3.05) is 25.5 Å². The molecule has 14 heavy (non-hydrogen) atoms. The lowest BCUT2D eigenvalue weighted by Crippen LogP contribution is -2.23. The number of hydrogen-bond donors (Lipinski definition) is 2. The summed E-state index contributed by atoms with van der Waals surface area (Å²) < 4.78 is 17.1. The quantitative estimate of drug-likeness (QED) is 0.683. The Kier molecular flexibility index (Phi) is 5.10. The van der Waals surface area contributed by atoms with E-state index in [0.717, 1.165) is 25.9 Å². The second-order valence-electron chi connectivity index (χ2n) is 3.88. The Labute approximate surface area is 85.3 Å². The second-order valence-corrected chi connectivity index (χ2v) is 6.39. The topological polar surface area (TPSA) is 72.6 Å². The summed E-state index contributed by atoms with van der Waals surface area (Å²) in [6, 6.07) is 0. The zero-order chi connectivity index (χ0) is 10.4. The van der Waals surface area contributed by atoms with Crippen LogP contribution < -0.4 is 5.73 Å². The maximum atomic E-state index is 11.7. The molecule has 3 N–H and O–H groups in total. The first-order valence-electron chi connectivity index (χ1n) is 5.26. The first-order chi connectivity index (χ1) is 6.64. The Hall–Kier alpha value is 0.110. The van der Waals surface area contributed by atoms with Gasteiger partial charge in [-0.1, -0.05) is 0 Å². The minimum absolute atomic E-state index is 0.00245. The smallest absolute Gasteiger partial charge is 0.203 e. The molecule has 1 aliphatic heterocycles. The van der Waals surface area contributed by atoms with E-state index in [0.29, 0.717) is 25.3 Å². The Morgan fingerprint density at radius 3 is 2.86 bits per heavy atom. The molecular formula is C9H20NO3P. The Bertz CT molecular complexity index is 204. The average molecular weight is 221 g/mol. The molecule has 1 heterocycles. The molecule has 0 amide bonds. The van der Waals surface area contributed by atoms with Crippen LogP contribution >= 0.6 is 7.37 Å². The van der Waals surface area contributed by atoms with E-state index >= 15 is 0 Å². The van der Waals surface area contributed by atoms with Gasteiger partial charge in [-0.3, -0.25) is 4.57 Å². The fourth-order valence-corrected chi connectivity index (χ4v) is 3.48. The normalized spacial score (nSPS) is 27.1. The molecule has 1 aliphatic rings. The van der Waals surface area contributed by atoms with Crippen molar-refractivity contribution in [1.29, 1.82) is 0 Å². The lowest BCUT2D eigenvalue weighted by Gasteiger charge is -2.24. The second kappa shape index (κ2) is 5.86. The van der Waals surface area contributed by atoms with E-state index in [2.05, 4.69) is 0 Å². The van der Waals surface area contributed by atoms with Crippen LogP contribution in [0.5, 0.6) is 0 Å². The largest absolute Gasteiger partial charge is 0.378 e. The van der Waals surface area contributed by atoms with Crippen LogP contribution in [-0.2, 0) is 9.30 Å². The molecule has 1 rings (SSSR count). The third kappa shape index (κ3) is 4.56. The van der Waals surface area contributed by atoms with E-state index in [1.165, 1.54) is 0 Å². The molecule has 2 atom stereocenters. The zero-order valence-corrected chi connectivity index (χ0v) is 9.42. The molecule has 0 aromatic carbocycles. The predicted octanol–water partition coefficient (Wildman–Crippen LogP) is 1.17. The van der Waals surface area contributed by atoms with Gasteiger partial charge in [-0.2, -0.15) is 0 Å². The van der Waals surface area contributed by atoms with Crippen LogP contribution in [0.15, 0.2) is 0 Å². The van der Waals surface area contributed by atoms with Crippen LogP contribution in [-0.4, -0.2) is 36.5 Å². The van der Waals surface area contributed by atoms with Gasteiger partial charge < -0.3 is 15.4 Å². The van der Waals surface area contributed by atoms with Crippen molar-refractivity contribution in [2.45, 2.75) is 31.8 Å². The van der Waals surface area contributed by atoms with Crippen molar-refractivity contribution in [1.82, 2.24) is 0 Å². The highest BCUT2D eigenvalue weighted by molar-refractivity contribution is 7.58. The van der Waals surface area contributed by atoms with E-state index < -0.39 is 7.37 Å². The molecule has 0 aromatic heterocycles.